The number of amides is 1. The average Bonchev–Trinajstić information content (AvgIpc) is 2.29. The molecule has 0 bridgehead atoms. The molecule has 18 heavy (non-hydrogen) atoms. The molecule has 100 valence electrons. The summed E-state index contributed by atoms with van der Waals surface area (Å²) in [4.78, 5) is 11.8. The van der Waals surface area contributed by atoms with Crippen LogP contribution in [0.3, 0.4) is 0 Å². The van der Waals surface area contributed by atoms with Crippen molar-refractivity contribution in [1.82, 2.24) is 5.32 Å². The van der Waals surface area contributed by atoms with Crippen LogP contribution in [0.5, 0.6) is 0 Å². The molecule has 1 aromatic carbocycles. The molecule has 0 aliphatic rings. The molecule has 3 nitrogen and oxygen atoms in total. The van der Waals surface area contributed by atoms with Crippen LogP contribution in [0.2, 0.25) is 0 Å². The minimum Gasteiger partial charge on any atom is -0.326 e. The van der Waals surface area contributed by atoms with Crippen LogP contribution in [0.25, 0.3) is 0 Å². The number of carbonyl (C=O) groups excluding carboxylic acids is 1. The molecule has 0 aliphatic carbocycles. The Balaban J connectivity index is 2.40. The lowest BCUT2D eigenvalue weighted by Gasteiger charge is -2.12. The summed E-state index contributed by atoms with van der Waals surface area (Å²) in [6, 6.07) is 6.52. The lowest BCUT2D eigenvalue weighted by molar-refractivity contribution is -0.116. The van der Waals surface area contributed by atoms with Gasteiger partial charge in [0.1, 0.15) is 0 Å². The van der Waals surface area contributed by atoms with Gasteiger partial charge in [-0.3, -0.25) is 4.79 Å². The molecular weight excluding hydrogens is 224 g/mol. The van der Waals surface area contributed by atoms with E-state index in [1.165, 1.54) is 0 Å². The van der Waals surface area contributed by atoms with Crippen LogP contribution in [0.4, 0.5) is 5.69 Å². The van der Waals surface area contributed by atoms with E-state index < -0.39 is 0 Å². The first-order chi connectivity index (χ1) is 8.50. The first-order valence-corrected chi connectivity index (χ1v) is 6.60. The van der Waals surface area contributed by atoms with E-state index in [9.17, 15) is 4.79 Å². The Morgan fingerprint density at radius 2 is 1.83 bits per heavy atom. The van der Waals surface area contributed by atoms with Gasteiger partial charge in [0, 0.05) is 18.2 Å². The standard InChI is InChI=1S/C15H24N2O/c1-11(2)16-10-6-9-14(18)17-15-12(3)7-5-8-13(15)4/h5,7-8,11,16H,6,9-10H2,1-4H3,(H,17,18). The second-order valence-corrected chi connectivity index (χ2v) is 5.03. The Labute approximate surface area is 110 Å². The fraction of sp³-hybridized carbons (Fsp3) is 0.533. The fourth-order valence-corrected chi connectivity index (χ4v) is 1.85. The van der Waals surface area contributed by atoms with Gasteiger partial charge in [0.2, 0.25) is 5.91 Å². The topological polar surface area (TPSA) is 41.1 Å². The van der Waals surface area contributed by atoms with Crippen molar-refractivity contribution in [2.24, 2.45) is 0 Å². The zero-order valence-electron chi connectivity index (χ0n) is 11.8. The summed E-state index contributed by atoms with van der Waals surface area (Å²) < 4.78 is 0. The van der Waals surface area contributed by atoms with Gasteiger partial charge in [-0.05, 0) is 37.9 Å². The highest BCUT2D eigenvalue weighted by Crippen LogP contribution is 2.19. The van der Waals surface area contributed by atoms with Crippen molar-refractivity contribution in [1.29, 1.82) is 0 Å². The normalized spacial score (nSPS) is 10.7. The highest BCUT2D eigenvalue weighted by atomic mass is 16.1. The number of hydrogen-bond acceptors (Lipinski definition) is 2. The number of hydrogen-bond donors (Lipinski definition) is 2. The predicted molar refractivity (Wildman–Crippen MR) is 76.9 cm³/mol. The van der Waals surface area contributed by atoms with E-state index in [2.05, 4.69) is 24.5 Å². The molecule has 2 N–H and O–H groups in total. The van der Waals surface area contributed by atoms with Crippen LogP contribution in [0.15, 0.2) is 18.2 Å². The first kappa shape index (κ1) is 14.7. The number of anilines is 1. The van der Waals surface area contributed by atoms with Gasteiger partial charge in [-0.2, -0.15) is 0 Å². The van der Waals surface area contributed by atoms with E-state index in [-0.39, 0.29) is 5.91 Å². The smallest absolute Gasteiger partial charge is 0.224 e. The highest BCUT2D eigenvalue weighted by molar-refractivity contribution is 5.92. The molecule has 0 heterocycles. The van der Waals surface area contributed by atoms with Gasteiger partial charge in [-0.25, -0.2) is 0 Å². The predicted octanol–water partition coefficient (Wildman–Crippen LogP) is 3.02. The van der Waals surface area contributed by atoms with Crippen LogP contribution < -0.4 is 10.6 Å². The minimum atomic E-state index is 0.0953. The average molecular weight is 248 g/mol. The number of aryl methyl sites for hydroxylation is 2. The van der Waals surface area contributed by atoms with Crippen molar-refractivity contribution in [3.8, 4) is 0 Å². The second kappa shape index (κ2) is 7.17. The van der Waals surface area contributed by atoms with E-state index in [1.807, 2.05) is 32.0 Å². The van der Waals surface area contributed by atoms with Crippen molar-refractivity contribution in [3.63, 3.8) is 0 Å². The Morgan fingerprint density at radius 3 is 2.39 bits per heavy atom. The van der Waals surface area contributed by atoms with Crippen LogP contribution in [-0.4, -0.2) is 18.5 Å². The molecule has 0 saturated heterocycles. The maximum Gasteiger partial charge on any atom is 0.224 e. The van der Waals surface area contributed by atoms with Crippen molar-refractivity contribution in [2.75, 3.05) is 11.9 Å². The van der Waals surface area contributed by atoms with Crippen LogP contribution in [0.1, 0.15) is 37.8 Å². The molecular formula is C15H24N2O. The van der Waals surface area contributed by atoms with Crippen molar-refractivity contribution < 1.29 is 4.79 Å². The van der Waals surface area contributed by atoms with E-state index in [0.717, 1.165) is 29.8 Å². The second-order valence-electron chi connectivity index (χ2n) is 5.03. The zero-order valence-corrected chi connectivity index (χ0v) is 11.8. The zero-order chi connectivity index (χ0) is 13.5. The Hall–Kier alpha value is -1.35. The lowest BCUT2D eigenvalue weighted by Crippen LogP contribution is -2.24. The molecule has 0 unspecified atom stereocenters. The maximum absolute atomic E-state index is 11.8. The van der Waals surface area contributed by atoms with Gasteiger partial charge in [-0.15, -0.1) is 0 Å². The molecule has 0 aromatic heterocycles. The molecule has 1 aromatic rings. The Bertz CT molecular complexity index is 379. The first-order valence-electron chi connectivity index (χ1n) is 6.60. The SMILES string of the molecule is Cc1cccc(C)c1NC(=O)CCCNC(C)C. The minimum absolute atomic E-state index is 0.0953. The fourth-order valence-electron chi connectivity index (χ4n) is 1.85. The summed E-state index contributed by atoms with van der Waals surface area (Å²) in [6.07, 6.45) is 1.43. The van der Waals surface area contributed by atoms with E-state index >= 15 is 0 Å². The summed E-state index contributed by atoms with van der Waals surface area (Å²) in [7, 11) is 0. The van der Waals surface area contributed by atoms with Crippen LogP contribution in [0, 0.1) is 13.8 Å². The van der Waals surface area contributed by atoms with Gasteiger partial charge in [-0.1, -0.05) is 32.0 Å². The third kappa shape index (κ3) is 4.88. The van der Waals surface area contributed by atoms with Gasteiger partial charge in [0.15, 0.2) is 0 Å². The summed E-state index contributed by atoms with van der Waals surface area (Å²) in [5.41, 5.74) is 3.19. The third-order valence-corrected chi connectivity index (χ3v) is 2.88. The largest absolute Gasteiger partial charge is 0.326 e. The molecule has 0 spiro atoms. The van der Waals surface area contributed by atoms with Crippen molar-refractivity contribution in [3.05, 3.63) is 29.3 Å². The molecule has 0 fully saturated rings. The highest BCUT2D eigenvalue weighted by Gasteiger charge is 2.06. The monoisotopic (exact) mass is 248 g/mol. The number of nitrogens with one attached hydrogen (secondary N) is 2. The Kier molecular flexibility index (Phi) is 5.86. The maximum atomic E-state index is 11.8. The number of rotatable bonds is 6. The lowest BCUT2D eigenvalue weighted by atomic mass is 10.1. The summed E-state index contributed by atoms with van der Waals surface area (Å²) in [5.74, 6) is 0.0953. The quantitative estimate of drug-likeness (QED) is 0.760. The van der Waals surface area contributed by atoms with Crippen LogP contribution >= 0.6 is 0 Å². The number of carbonyl (C=O) groups is 1. The van der Waals surface area contributed by atoms with Crippen molar-refractivity contribution in [2.45, 2.75) is 46.6 Å². The molecule has 0 atom stereocenters. The molecule has 0 radical (unpaired) electrons. The van der Waals surface area contributed by atoms with E-state index in [0.29, 0.717) is 12.5 Å². The molecule has 1 amide bonds. The van der Waals surface area contributed by atoms with Gasteiger partial charge >= 0.3 is 0 Å². The summed E-state index contributed by atoms with van der Waals surface area (Å²) >= 11 is 0. The van der Waals surface area contributed by atoms with E-state index in [1.54, 1.807) is 0 Å². The van der Waals surface area contributed by atoms with Gasteiger partial charge in [0.05, 0.1) is 0 Å². The molecule has 0 saturated carbocycles. The van der Waals surface area contributed by atoms with Gasteiger partial charge in [0.25, 0.3) is 0 Å². The molecule has 0 aliphatic heterocycles. The number of para-hydroxylation sites is 1. The molecule has 3 heteroatoms. The Morgan fingerprint density at radius 1 is 1.22 bits per heavy atom. The van der Waals surface area contributed by atoms with Gasteiger partial charge < -0.3 is 10.6 Å². The van der Waals surface area contributed by atoms with Crippen molar-refractivity contribution >= 4 is 11.6 Å². The summed E-state index contributed by atoms with van der Waals surface area (Å²) in [5, 5.41) is 6.31. The van der Waals surface area contributed by atoms with Crippen LogP contribution in [-0.2, 0) is 4.79 Å². The summed E-state index contributed by atoms with van der Waals surface area (Å²) in [6.45, 7) is 9.14. The third-order valence-electron chi connectivity index (χ3n) is 2.88. The molecule has 1 rings (SSSR count). The van der Waals surface area contributed by atoms with E-state index in [4.69, 9.17) is 0 Å². The number of benzene rings is 1.